The molecule has 3 N–H and O–H groups in total. The Balaban J connectivity index is 1.87. The van der Waals surface area contributed by atoms with Gasteiger partial charge in [-0.15, -0.1) is 0 Å². The molecule has 0 radical (unpaired) electrons. The van der Waals surface area contributed by atoms with Crippen molar-refractivity contribution in [3.63, 3.8) is 0 Å². The number of carbonyl (C=O) groups excluding carboxylic acids is 1. The summed E-state index contributed by atoms with van der Waals surface area (Å²) in [4.78, 5) is 11.4. The molecule has 0 atom stereocenters. The summed E-state index contributed by atoms with van der Waals surface area (Å²) in [5.74, 6) is 0.121. The Morgan fingerprint density at radius 3 is 2.44 bits per heavy atom. The van der Waals surface area contributed by atoms with E-state index in [0.29, 0.717) is 6.42 Å². The maximum absolute atomic E-state index is 11.4. The largest absolute Gasteiger partial charge is 0.351 e. The van der Waals surface area contributed by atoms with E-state index in [1.165, 1.54) is 12.8 Å². The maximum Gasteiger partial charge on any atom is 0.221 e. The molecule has 0 saturated heterocycles. The molecule has 1 rings (SSSR count). The quantitative estimate of drug-likeness (QED) is 0.559. The van der Waals surface area contributed by atoms with Crippen LogP contribution in [0, 0.1) is 0 Å². The van der Waals surface area contributed by atoms with Crippen molar-refractivity contribution >= 4 is 5.91 Å². The Kier molecular flexibility index (Phi) is 5.22. The van der Waals surface area contributed by atoms with Crippen molar-refractivity contribution < 1.29 is 4.79 Å². The molecule has 4 heteroatoms. The van der Waals surface area contributed by atoms with Crippen molar-refractivity contribution in [2.45, 2.75) is 51.6 Å². The van der Waals surface area contributed by atoms with Gasteiger partial charge in [0.25, 0.3) is 0 Å². The van der Waals surface area contributed by atoms with Crippen molar-refractivity contribution in [1.82, 2.24) is 16.0 Å². The molecule has 0 aromatic rings. The summed E-state index contributed by atoms with van der Waals surface area (Å²) in [7, 11) is 0. The number of hydrogen-bond donors (Lipinski definition) is 3. The van der Waals surface area contributed by atoms with Crippen molar-refractivity contribution in [1.29, 1.82) is 0 Å². The van der Waals surface area contributed by atoms with Crippen LogP contribution in [-0.2, 0) is 4.79 Å². The molecular weight excluding hydrogens is 202 g/mol. The van der Waals surface area contributed by atoms with E-state index in [1.54, 1.807) is 0 Å². The molecule has 1 saturated carbocycles. The second-order valence-corrected chi connectivity index (χ2v) is 5.53. The lowest BCUT2D eigenvalue weighted by molar-refractivity contribution is -0.122. The van der Waals surface area contributed by atoms with E-state index in [9.17, 15) is 4.79 Å². The third-order valence-corrected chi connectivity index (χ3v) is 2.36. The molecule has 1 aliphatic rings. The molecule has 0 heterocycles. The minimum Gasteiger partial charge on any atom is -0.351 e. The van der Waals surface area contributed by atoms with Crippen molar-refractivity contribution in [3.05, 3.63) is 0 Å². The summed E-state index contributed by atoms with van der Waals surface area (Å²) in [6.45, 7) is 8.70. The smallest absolute Gasteiger partial charge is 0.221 e. The molecule has 94 valence electrons. The average Bonchev–Trinajstić information content (AvgIpc) is 2.91. The Morgan fingerprint density at radius 2 is 1.88 bits per heavy atom. The summed E-state index contributed by atoms with van der Waals surface area (Å²) in [5.41, 5.74) is -0.120. The van der Waals surface area contributed by atoms with Crippen LogP contribution in [0.3, 0.4) is 0 Å². The fraction of sp³-hybridized carbons (Fsp3) is 0.917. The summed E-state index contributed by atoms with van der Waals surface area (Å²) in [6.07, 6.45) is 3.21. The van der Waals surface area contributed by atoms with E-state index in [2.05, 4.69) is 16.0 Å². The molecule has 4 nitrogen and oxygen atoms in total. The number of nitrogens with one attached hydrogen (secondary N) is 3. The predicted octanol–water partition coefficient (Wildman–Crippen LogP) is 0.633. The molecule has 0 unspecified atom stereocenters. The highest BCUT2D eigenvalue weighted by atomic mass is 16.1. The first-order valence-electron chi connectivity index (χ1n) is 6.22. The van der Waals surface area contributed by atoms with Crippen LogP contribution in [0.5, 0.6) is 0 Å². The number of rotatable bonds is 7. The van der Waals surface area contributed by atoms with Crippen LogP contribution in [0.15, 0.2) is 0 Å². The lowest BCUT2D eigenvalue weighted by Gasteiger charge is -2.20. The first-order chi connectivity index (χ1) is 7.47. The van der Waals surface area contributed by atoms with Crippen LogP contribution in [0.2, 0.25) is 0 Å². The van der Waals surface area contributed by atoms with Gasteiger partial charge in [-0.2, -0.15) is 0 Å². The van der Waals surface area contributed by atoms with E-state index < -0.39 is 0 Å². The SMILES string of the molecule is CC(C)(C)NC(=O)CCNCCNC1CC1. The van der Waals surface area contributed by atoms with Gasteiger partial charge >= 0.3 is 0 Å². The van der Waals surface area contributed by atoms with Crippen LogP contribution < -0.4 is 16.0 Å². The Bertz CT molecular complexity index is 219. The van der Waals surface area contributed by atoms with Crippen molar-refractivity contribution in [3.8, 4) is 0 Å². The summed E-state index contributed by atoms with van der Waals surface area (Å²) < 4.78 is 0. The molecule has 1 fully saturated rings. The van der Waals surface area contributed by atoms with Crippen LogP contribution in [-0.4, -0.2) is 37.1 Å². The van der Waals surface area contributed by atoms with E-state index >= 15 is 0 Å². The highest BCUT2D eigenvalue weighted by molar-refractivity contribution is 5.76. The molecule has 0 bridgehead atoms. The lowest BCUT2D eigenvalue weighted by Crippen LogP contribution is -2.41. The predicted molar refractivity (Wildman–Crippen MR) is 66.4 cm³/mol. The fourth-order valence-electron chi connectivity index (χ4n) is 1.46. The topological polar surface area (TPSA) is 53.2 Å². The van der Waals surface area contributed by atoms with Gasteiger partial charge in [-0.3, -0.25) is 4.79 Å². The Labute approximate surface area is 98.6 Å². The zero-order chi connectivity index (χ0) is 12.0. The van der Waals surface area contributed by atoms with Gasteiger partial charge in [0, 0.05) is 37.6 Å². The second-order valence-electron chi connectivity index (χ2n) is 5.53. The Morgan fingerprint density at radius 1 is 1.19 bits per heavy atom. The van der Waals surface area contributed by atoms with Gasteiger partial charge in [0.1, 0.15) is 0 Å². The normalized spacial score (nSPS) is 16.2. The van der Waals surface area contributed by atoms with Gasteiger partial charge in [0.05, 0.1) is 0 Å². The number of hydrogen-bond acceptors (Lipinski definition) is 3. The standard InChI is InChI=1S/C12H25N3O/c1-12(2,3)15-11(16)6-7-13-8-9-14-10-4-5-10/h10,13-14H,4-9H2,1-3H3,(H,15,16). The van der Waals surface area contributed by atoms with E-state index in [-0.39, 0.29) is 11.4 Å². The number of carbonyl (C=O) groups is 1. The second kappa shape index (κ2) is 6.21. The maximum atomic E-state index is 11.4. The molecule has 0 aromatic carbocycles. The monoisotopic (exact) mass is 227 g/mol. The zero-order valence-corrected chi connectivity index (χ0v) is 10.7. The first-order valence-corrected chi connectivity index (χ1v) is 6.22. The number of amides is 1. The summed E-state index contributed by atoms with van der Waals surface area (Å²) in [5, 5.41) is 9.63. The van der Waals surface area contributed by atoms with Crippen LogP contribution >= 0.6 is 0 Å². The summed E-state index contributed by atoms with van der Waals surface area (Å²) >= 11 is 0. The molecule has 16 heavy (non-hydrogen) atoms. The lowest BCUT2D eigenvalue weighted by atomic mass is 10.1. The van der Waals surface area contributed by atoms with Crippen LogP contribution in [0.4, 0.5) is 0 Å². The summed E-state index contributed by atoms with van der Waals surface area (Å²) in [6, 6.07) is 0.769. The molecule has 0 aromatic heterocycles. The molecule has 0 aliphatic heterocycles. The Hall–Kier alpha value is -0.610. The third-order valence-electron chi connectivity index (χ3n) is 2.36. The molecular formula is C12H25N3O. The van der Waals surface area contributed by atoms with E-state index in [1.807, 2.05) is 20.8 Å². The van der Waals surface area contributed by atoms with Crippen LogP contribution in [0.25, 0.3) is 0 Å². The van der Waals surface area contributed by atoms with E-state index in [0.717, 1.165) is 25.7 Å². The van der Waals surface area contributed by atoms with E-state index in [4.69, 9.17) is 0 Å². The highest BCUT2D eigenvalue weighted by Crippen LogP contribution is 2.17. The zero-order valence-electron chi connectivity index (χ0n) is 10.7. The van der Waals surface area contributed by atoms with Crippen molar-refractivity contribution in [2.24, 2.45) is 0 Å². The van der Waals surface area contributed by atoms with Gasteiger partial charge in [0.2, 0.25) is 5.91 Å². The minimum atomic E-state index is -0.120. The average molecular weight is 227 g/mol. The first kappa shape index (κ1) is 13.5. The molecule has 0 spiro atoms. The van der Waals surface area contributed by atoms with Gasteiger partial charge in [-0.05, 0) is 33.6 Å². The molecule has 1 aliphatic carbocycles. The van der Waals surface area contributed by atoms with Crippen molar-refractivity contribution in [2.75, 3.05) is 19.6 Å². The van der Waals surface area contributed by atoms with Gasteiger partial charge < -0.3 is 16.0 Å². The fourth-order valence-corrected chi connectivity index (χ4v) is 1.46. The minimum absolute atomic E-state index is 0.120. The highest BCUT2D eigenvalue weighted by Gasteiger charge is 2.19. The van der Waals surface area contributed by atoms with Gasteiger partial charge in [0.15, 0.2) is 0 Å². The third kappa shape index (κ3) is 7.65. The molecule has 1 amide bonds. The van der Waals surface area contributed by atoms with Gasteiger partial charge in [-0.1, -0.05) is 0 Å². The van der Waals surface area contributed by atoms with Crippen LogP contribution in [0.1, 0.15) is 40.0 Å². The van der Waals surface area contributed by atoms with Gasteiger partial charge in [-0.25, -0.2) is 0 Å².